The van der Waals surface area contributed by atoms with Crippen molar-refractivity contribution < 1.29 is 4.79 Å². The Hall–Kier alpha value is -2.04. The third-order valence-electron chi connectivity index (χ3n) is 5.93. The first-order valence-corrected chi connectivity index (χ1v) is 10.6. The molecule has 0 bridgehead atoms. The van der Waals surface area contributed by atoms with Gasteiger partial charge in [-0.1, -0.05) is 56.0 Å². The minimum absolute atomic E-state index is 0.0961. The lowest BCUT2D eigenvalue weighted by Gasteiger charge is -2.31. The highest BCUT2D eigenvalue weighted by Crippen LogP contribution is 2.21. The van der Waals surface area contributed by atoms with E-state index in [1.165, 1.54) is 31.2 Å². The van der Waals surface area contributed by atoms with Crippen molar-refractivity contribution in [2.45, 2.75) is 63.8 Å². The van der Waals surface area contributed by atoms with Crippen LogP contribution in [0.2, 0.25) is 0 Å². The molecule has 0 aromatic heterocycles. The van der Waals surface area contributed by atoms with Gasteiger partial charge in [0.2, 0.25) is 5.91 Å². The molecule has 0 atom stereocenters. The van der Waals surface area contributed by atoms with Gasteiger partial charge in [0.1, 0.15) is 6.54 Å². The van der Waals surface area contributed by atoms with E-state index in [1.807, 2.05) is 4.90 Å². The number of hydrogen-bond donors (Lipinski definition) is 2. The van der Waals surface area contributed by atoms with Crippen molar-refractivity contribution >= 4 is 11.9 Å². The van der Waals surface area contributed by atoms with Gasteiger partial charge in [0.05, 0.1) is 0 Å². The van der Waals surface area contributed by atoms with Crippen LogP contribution in [0.3, 0.4) is 0 Å². The molecule has 5 nitrogen and oxygen atoms in total. The number of likely N-dealkylation sites (tertiary alicyclic amines) is 1. The van der Waals surface area contributed by atoms with Crippen molar-refractivity contribution in [1.82, 2.24) is 10.2 Å². The van der Waals surface area contributed by atoms with Gasteiger partial charge in [-0.15, -0.1) is 0 Å². The minimum Gasteiger partial charge on any atom is -0.370 e. The highest BCUT2D eigenvalue weighted by Gasteiger charge is 2.22. The van der Waals surface area contributed by atoms with Gasteiger partial charge in [-0.25, -0.2) is 4.99 Å². The van der Waals surface area contributed by atoms with Gasteiger partial charge in [-0.2, -0.15) is 0 Å². The molecule has 1 aromatic rings. The first-order chi connectivity index (χ1) is 13.2. The zero-order valence-electron chi connectivity index (χ0n) is 16.4. The first kappa shape index (κ1) is 19.7. The lowest BCUT2D eigenvalue weighted by atomic mass is 9.90. The molecule has 148 valence electrons. The monoisotopic (exact) mass is 370 g/mol. The Morgan fingerprint density at radius 1 is 1.04 bits per heavy atom. The molecule has 5 heteroatoms. The molecule has 1 saturated carbocycles. The van der Waals surface area contributed by atoms with Crippen molar-refractivity contribution in [3.05, 3.63) is 35.9 Å². The number of hydrogen-bond acceptors (Lipinski definition) is 2. The summed E-state index contributed by atoms with van der Waals surface area (Å²) in [6.07, 6.45) is 10.7. The predicted octanol–water partition coefficient (Wildman–Crippen LogP) is 3.09. The normalized spacial score (nSPS) is 20.3. The summed E-state index contributed by atoms with van der Waals surface area (Å²) in [7, 11) is 0. The van der Waals surface area contributed by atoms with Crippen molar-refractivity contribution in [3.63, 3.8) is 0 Å². The lowest BCUT2D eigenvalue weighted by Crippen LogP contribution is -2.42. The van der Waals surface area contributed by atoms with Crippen LogP contribution in [0.15, 0.2) is 35.3 Å². The number of aliphatic imine (C=N–C) groups is 1. The summed E-state index contributed by atoms with van der Waals surface area (Å²) in [6, 6.07) is 11.0. The Balaban J connectivity index is 1.38. The van der Waals surface area contributed by atoms with E-state index < -0.39 is 0 Å². The molecule has 1 heterocycles. The van der Waals surface area contributed by atoms with Gasteiger partial charge in [-0.05, 0) is 43.6 Å². The van der Waals surface area contributed by atoms with Crippen LogP contribution < -0.4 is 11.1 Å². The first-order valence-electron chi connectivity index (χ1n) is 10.6. The molecule has 1 aliphatic heterocycles. The van der Waals surface area contributed by atoms with Gasteiger partial charge < -0.3 is 16.0 Å². The van der Waals surface area contributed by atoms with E-state index in [9.17, 15) is 4.79 Å². The van der Waals surface area contributed by atoms with Crippen LogP contribution in [0.4, 0.5) is 0 Å². The highest BCUT2D eigenvalue weighted by atomic mass is 16.2. The third-order valence-corrected chi connectivity index (χ3v) is 5.93. The summed E-state index contributed by atoms with van der Waals surface area (Å²) in [4.78, 5) is 18.7. The zero-order chi connectivity index (χ0) is 18.9. The molecule has 3 N–H and O–H groups in total. The van der Waals surface area contributed by atoms with E-state index in [0.29, 0.717) is 17.9 Å². The van der Waals surface area contributed by atoms with Crippen LogP contribution >= 0.6 is 0 Å². The number of guanidine groups is 1. The maximum atomic E-state index is 12.5. The Morgan fingerprint density at radius 3 is 2.37 bits per heavy atom. The molecule has 0 radical (unpaired) electrons. The molecule has 2 aliphatic rings. The summed E-state index contributed by atoms with van der Waals surface area (Å²) in [6.45, 7) is 1.83. The van der Waals surface area contributed by atoms with Crippen LogP contribution in [0.5, 0.6) is 0 Å². The largest absolute Gasteiger partial charge is 0.370 e. The Kier molecular flexibility index (Phi) is 7.55. The third kappa shape index (κ3) is 6.56. The van der Waals surface area contributed by atoms with Crippen molar-refractivity contribution in [1.29, 1.82) is 0 Å². The fourth-order valence-electron chi connectivity index (χ4n) is 4.27. The second-order valence-electron chi connectivity index (χ2n) is 8.05. The molecule has 0 spiro atoms. The van der Waals surface area contributed by atoms with E-state index >= 15 is 0 Å². The summed E-state index contributed by atoms with van der Waals surface area (Å²) >= 11 is 0. The topological polar surface area (TPSA) is 70.7 Å². The summed E-state index contributed by atoms with van der Waals surface area (Å²) < 4.78 is 0. The lowest BCUT2D eigenvalue weighted by molar-refractivity contribution is -0.130. The summed E-state index contributed by atoms with van der Waals surface area (Å²) in [5.41, 5.74) is 7.40. The molecule has 1 amide bonds. The van der Waals surface area contributed by atoms with Crippen LogP contribution in [-0.4, -0.2) is 42.4 Å². The molecule has 1 aliphatic carbocycles. The Labute approximate surface area is 163 Å². The van der Waals surface area contributed by atoms with Gasteiger partial charge in [0.25, 0.3) is 0 Å². The second-order valence-corrected chi connectivity index (χ2v) is 8.05. The average molecular weight is 371 g/mol. The number of nitrogens with two attached hydrogens (primary N) is 1. The van der Waals surface area contributed by atoms with E-state index in [0.717, 1.165) is 45.2 Å². The summed E-state index contributed by atoms with van der Waals surface area (Å²) in [5.74, 6) is 1.19. The van der Waals surface area contributed by atoms with Crippen molar-refractivity contribution in [3.8, 4) is 0 Å². The smallest absolute Gasteiger partial charge is 0.244 e. The zero-order valence-corrected chi connectivity index (χ0v) is 16.4. The van der Waals surface area contributed by atoms with E-state index in [-0.39, 0.29) is 12.5 Å². The Bertz CT molecular complexity index is 600. The molecule has 27 heavy (non-hydrogen) atoms. The van der Waals surface area contributed by atoms with Gasteiger partial charge >= 0.3 is 0 Å². The number of carbonyl (C=O) groups excluding carboxylic acids is 1. The van der Waals surface area contributed by atoms with Gasteiger partial charge in [-0.3, -0.25) is 4.79 Å². The van der Waals surface area contributed by atoms with E-state index in [2.05, 4.69) is 40.6 Å². The van der Waals surface area contributed by atoms with Crippen molar-refractivity contribution in [2.75, 3.05) is 19.6 Å². The summed E-state index contributed by atoms with van der Waals surface area (Å²) in [5, 5.41) is 3.31. The number of nitrogens with one attached hydrogen (secondary N) is 1. The molecule has 2 fully saturated rings. The van der Waals surface area contributed by atoms with E-state index in [1.54, 1.807) is 0 Å². The number of piperidine rings is 1. The van der Waals surface area contributed by atoms with Crippen LogP contribution in [-0.2, 0) is 11.2 Å². The van der Waals surface area contributed by atoms with Crippen LogP contribution in [0.1, 0.15) is 56.9 Å². The number of carbonyl (C=O) groups is 1. The van der Waals surface area contributed by atoms with Crippen molar-refractivity contribution in [2.24, 2.45) is 16.6 Å². The highest BCUT2D eigenvalue weighted by molar-refractivity contribution is 5.84. The van der Waals surface area contributed by atoms with Gasteiger partial charge in [0.15, 0.2) is 5.96 Å². The number of nitrogens with zero attached hydrogens (tertiary/aromatic N) is 2. The Morgan fingerprint density at radius 2 is 1.70 bits per heavy atom. The van der Waals surface area contributed by atoms with Crippen LogP contribution in [0, 0.1) is 5.92 Å². The second kappa shape index (κ2) is 10.3. The molecule has 1 aromatic carbocycles. The van der Waals surface area contributed by atoms with E-state index in [4.69, 9.17) is 5.73 Å². The predicted molar refractivity (Wildman–Crippen MR) is 111 cm³/mol. The molecule has 0 unspecified atom stereocenters. The van der Waals surface area contributed by atoms with Crippen LogP contribution in [0.25, 0.3) is 0 Å². The number of amides is 1. The molecular weight excluding hydrogens is 336 g/mol. The maximum absolute atomic E-state index is 12.5. The fourth-order valence-corrected chi connectivity index (χ4v) is 4.27. The number of benzene rings is 1. The minimum atomic E-state index is 0.0961. The molecule has 3 rings (SSSR count). The number of rotatable bonds is 5. The standard InChI is InChI=1S/C22H34N4O/c23-22(25-20-10-6-1-2-7-11-20)24-17-21(27)26-14-12-19(13-15-26)16-18-8-4-3-5-9-18/h3-5,8-9,19-20H,1-2,6-7,10-17H2,(H3,23,24,25). The van der Waals surface area contributed by atoms with Gasteiger partial charge in [0, 0.05) is 19.1 Å². The molecular formula is C22H34N4O. The quantitative estimate of drug-likeness (QED) is 0.475. The SMILES string of the molecule is NC(=NCC(=O)N1CCC(Cc2ccccc2)CC1)NC1CCCCCC1. The maximum Gasteiger partial charge on any atom is 0.244 e. The molecule has 1 saturated heterocycles. The average Bonchev–Trinajstić information content (AvgIpc) is 2.96. The fraction of sp³-hybridized carbons (Fsp3) is 0.636.